The Balaban J connectivity index is 2.51. The third kappa shape index (κ3) is 4.76. The first-order chi connectivity index (χ1) is 11.4. The molecule has 0 aliphatic heterocycles. The molecule has 0 aliphatic carbocycles. The van der Waals surface area contributed by atoms with Crippen LogP contribution in [0.15, 0.2) is 68.9 Å². The quantitative estimate of drug-likeness (QED) is 0.629. The second kappa shape index (κ2) is 7.88. The maximum Gasteiger partial charge on any atom is 0.284 e. The van der Waals surface area contributed by atoms with Crippen molar-refractivity contribution in [3.8, 4) is 0 Å². The standard InChI is InChI=1S/C18H20N2O3S/c1-4-23-15(3)19-18(16-8-6-5-7-9-16)20-24(21,22)17-12-10-14(2)11-13-17/h5-13H,4H2,1-3H3/b19-15?,20-18-. The van der Waals surface area contributed by atoms with Gasteiger partial charge in [0.15, 0.2) is 11.7 Å². The molecule has 0 saturated heterocycles. The summed E-state index contributed by atoms with van der Waals surface area (Å²) in [5.74, 6) is 0.460. The van der Waals surface area contributed by atoms with Crippen LogP contribution in [0.1, 0.15) is 25.0 Å². The second-order valence-electron chi connectivity index (χ2n) is 5.13. The number of aryl methyl sites for hydroxylation is 1. The molecule has 5 nitrogen and oxygen atoms in total. The zero-order chi connectivity index (χ0) is 17.6. The first kappa shape index (κ1) is 17.9. The number of amidine groups is 1. The molecule has 24 heavy (non-hydrogen) atoms. The largest absolute Gasteiger partial charge is 0.481 e. The van der Waals surface area contributed by atoms with Gasteiger partial charge in [0, 0.05) is 12.5 Å². The van der Waals surface area contributed by atoms with Gasteiger partial charge in [0.2, 0.25) is 0 Å². The van der Waals surface area contributed by atoms with Gasteiger partial charge < -0.3 is 4.74 Å². The van der Waals surface area contributed by atoms with Gasteiger partial charge >= 0.3 is 0 Å². The van der Waals surface area contributed by atoms with Crippen LogP contribution in [0.5, 0.6) is 0 Å². The Kier molecular flexibility index (Phi) is 5.87. The van der Waals surface area contributed by atoms with Crippen LogP contribution in [0, 0.1) is 6.92 Å². The fourth-order valence-corrected chi connectivity index (χ4v) is 2.95. The Bertz CT molecular complexity index is 840. The fraction of sp³-hybridized carbons (Fsp3) is 0.222. The summed E-state index contributed by atoms with van der Waals surface area (Å²) in [5, 5.41) is 0. The summed E-state index contributed by atoms with van der Waals surface area (Å²) in [6.45, 7) is 5.84. The van der Waals surface area contributed by atoms with E-state index in [9.17, 15) is 8.42 Å². The van der Waals surface area contributed by atoms with E-state index >= 15 is 0 Å². The number of ether oxygens (including phenoxy) is 1. The number of benzene rings is 2. The van der Waals surface area contributed by atoms with Crippen LogP contribution in [0.3, 0.4) is 0 Å². The van der Waals surface area contributed by atoms with Gasteiger partial charge in [-0.3, -0.25) is 0 Å². The molecule has 0 spiro atoms. The number of hydrogen-bond acceptors (Lipinski definition) is 3. The molecule has 0 saturated carbocycles. The van der Waals surface area contributed by atoms with Gasteiger partial charge in [-0.15, -0.1) is 4.40 Å². The van der Waals surface area contributed by atoms with E-state index in [1.807, 2.05) is 19.9 Å². The average molecular weight is 344 g/mol. The first-order valence-electron chi connectivity index (χ1n) is 7.57. The van der Waals surface area contributed by atoms with Crippen LogP contribution in [0.25, 0.3) is 0 Å². The molecule has 0 unspecified atom stereocenters. The summed E-state index contributed by atoms with van der Waals surface area (Å²) in [4.78, 5) is 4.36. The highest BCUT2D eigenvalue weighted by Gasteiger charge is 2.15. The number of aliphatic imine (C=N–C) groups is 1. The van der Waals surface area contributed by atoms with E-state index < -0.39 is 10.0 Å². The SMILES string of the molecule is CCOC(C)=N/C(=N\S(=O)(=O)c1ccc(C)cc1)c1ccccc1. The Hall–Kier alpha value is -2.47. The molecule has 0 aliphatic rings. The molecule has 6 heteroatoms. The van der Waals surface area contributed by atoms with Crippen LogP contribution in [0.4, 0.5) is 0 Å². The molecular weight excluding hydrogens is 324 g/mol. The highest BCUT2D eigenvalue weighted by Crippen LogP contribution is 2.15. The maximum atomic E-state index is 12.6. The van der Waals surface area contributed by atoms with Crippen molar-refractivity contribution >= 4 is 21.8 Å². The van der Waals surface area contributed by atoms with Gasteiger partial charge in [0.05, 0.1) is 11.5 Å². The predicted octanol–water partition coefficient (Wildman–Crippen LogP) is 3.59. The van der Waals surface area contributed by atoms with Gasteiger partial charge in [-0.25, -0.2) is 0 Å². The van der Waals surface area contributed by atoms with Crippen molar-refractivity contribution in [1.29, 1.82) is 0 Å². The average Bonchev–Trinajstić information content (AvgIpc) is 2.55. The van der Waals surface area contributed by atoms with Gasteiger partial charge in [-0.1, -0.05) is 48.0 Å². The van der Waals surface area contributed by atoms with Crippen molar-refractivity contribution in [3.63, 3.8) is 0 Å². The fourth-order valence-electron chi connectivity index (χ4n) is 1.99. The third-order valence-corrected chi connectivity index (χ3v) is 4.46. The number of hydrogen-bond donors (Lipinski definition) is 0. The molecule has 2 rings (SSSR count). The Labute approximate surface area is 142 Å². The highest BCUT2D eigenvalue weighted by atomic mass is 32.2. The van der Waals surface area contributed by atoms with Gasteiger partial charge in [-0.05, 0) is 26.0 Å². The normalized spacial score (nSPS) is 13.0. The predicted molar refractivity (Wildman–Crippen MR) is 96.1 cm³/mol. The molecule has 0 amide bonds. The maximum absolute atomic E-state index is 12.6. The van der Waals surface area contributed by atoms with Gasteiger partial charge in [0.25, 0.3) is 10.0 Å². The molecule has 0 fully saturated rings. The molecule has 0 N–H and O–H groups in total. The Morgan fingerprint density at radius 3 is 2.25 bits per heavy atom. The van der Waals surface area contributed by atoms with Crippen molar-refractivity contribution in [2.75, 3.05) is 6.61 Å². The van der Waals surface area contributed by atoms with Gasteiger partial charge in [-0.2, -0.15) is 13.4 Å². The van der Waals surface area contributed by atoms with Crippen molar-refractivity contribution in [2.45, 2.75) is 25.7 Å². The summed E-state index contributed by atoms with van der Waals surface area (Å²) < 4.78 is 34.4. The van der Waals surface area contributed by atoms with Crippen molar-refractivity contribution in [3.05, 3.63) is 65.7 Å². The van der Waals surface area contributed by atoms with E-state index in [0.29, 0.717) is 18.1 Å². The smallest absolute Gasteiger partial charge is 0.284 e. The van der Waals surface area contributed by atoms with Gasteiger partial charge in [0.1, 0.15) is 0 Å². The van der Waals surface area contributed by atoms with Crippen LogP contribution < -0.4 is 0 Å². The van der Waals surface area contributed by atoms with E-state index in [2.05, 4.69) is 9.39 Å². The topological polar surface area (TPSA) is 68.1 Å². The molecular formula is C18H20N2O3S. The van der Waals surface area contributed by atoms with E-state index in [4.69, 9.17) is 4.74 Å². The lowest BCUT2D eigenvalue weighted by Gasteiger charge is -2.06. The highest BCUT2D eigenvalue weighted by molar-refractivity contribution is 7.90. The number of nitrogens with zero attached hydrogens (tertiary/aromatic N) is 2. The lowest BCUT2D eigenvalue weighted by molar-refractivity contribution is 0.325. The molecule has 2 aromatic rings. The molecule has 0 bridgehead atoms. The summed E-state index contributed by atoms with van der Waals surface area (Å²) in [7, 11) is -3.86. The van der Waals surface area contributed by atoms with Crippen molar-refractivity contribution < 1.29 is 13.2 Å². The number of rotatable bonds is 4. The van der Waals surface area contributed by atoms with Crippen LogP contribution in [-0.2, 0) is 14.8 Å². The van der Waals surface area contributed by atoms with Crippen molar-refractivity contribution in [2.24, 2.45) is 9.39 Å². The molecule has 0 radical (unpaired) electrons. The lowest BCUT2D eigenvalue weighted by atomic mass is 10.2. The molecule has 126 valence electrons. The summed E-state index contributed by atoms with van der Waals surface area (Å²) in [6, 6.07) is 15.5. The molecule has 0 atom stereocenters. The first-order valence-corrected chi connectivity index (χ1v) is 9.01. The minimum absolute atomic E-state index is 0.0992. The third-order valence-electron chi connectivity index (χ3n) is 3.17. The van der Waals surface area contributed by atoms with Crippen LogP contribution >= 0.6 is 0 Å². The minimum Gasteiger partial charge on any atom is -0.481 e. The molecule has 0 heterocycles. The minimum atomic E-state index is -3.86. The van der Waals surface area contributed by atoms with E-state index in [1.165, 1.54) is 12.1 Å². The molecule has 2 aromatic carbocycles. The summed E-state index contributed by atoms with van der Waals surface area (Å²) >= 11 is 0. The van der Waals surface area contributed by atoms with Crippen LogP contribution in [0.2, 0.25) is 0 Å². The monoisotopic (exact) mass is 344 g/mol. The van der Waals surface area contributed by atoms with E-state index in [1.54, 1.807) is 43.3 Å². The lowest BCUT2D eigenvalue weighted by Crippen LogP contribution is -2.09. The summed E-state index contributed by atoms with van der Waals surface area (Å²) in [5.41, 5.74) is 1.58. The Morgan fingerprint density at radius 2 is 1.67 bits per heavy atom. The van der Waals surface area contributed by atoms with Crippen molar-refractivity contribution in [1.82, 2.24) is 0 Å². The van der Waals surface area contributed by atoms with Crippen LogP contribution in [-0.4, -0.2) is 26.8 Å². The molecule has 0 aromatic heterocycles. The van der Waals surface area contributed by atoms with E-state index in [-0.39, 0.29) is 10.7 Å². The zero-order valence-electron chi connectivity index (χ0n) is 13.9. The summed E-state index contributed by atoms with van der Waals surface area (Å²) in [6.07, 6.45) is 0. The number of sulfonamides is 1. The Morgan fingerprint density at radius 1 is 1.04 bits per heavy atom. The zero-order valence-corrected chi connectivity index (χ0v) is 14.7. The van der Waals surface area contributed by atoms with E-state index in [0.717, 1.165) is 5.56 Å². The second-order valence-corrected chi connectivity index (χ2v) is 6.74.